The molecule has 1 heterocycles. The largest absolute Gasteiger partial charge is 0.493 e. The molecule has 0 amide bonds. The van der Waals surface area contributed by atoms with Gasteiger partial charge in [0.1, 0.15) is 6.33 Å². The van der Waals surface area contributed by atoms with Gasteiger partial charge in [0.15, 0.2) is 0 Å². The highest BCUT2D eigenvalue weighted by atomic mass is 16.3. The van der Waals surface area contributed by atoms with Gasteiger partial charge in [0.2, 0.25) is 5.88 Å². The molecule has 0 spiro atoms. The molecule has 1 aromatic heterocycles. The van der Waals surface area contributed by atoms with Crippen molar-refractivity contribution >= 4 is 0 Å². The van der Waals surface area contributed by atoms with Gasteiger partial charge < -0.3 is 5.11 Å². The van der Waals surface area contributed by atoms with Gasteiger partial charge in [-0.25, -0.2) is 9.97 Å². The van der Waals surface area contributed by atoms with Crippen LogP contribution in [0, 0.1) is 13.8 Å². The van der Waals surface area contributed by atoms with Crippen LogP contribution >= 0.6 is 0 Å². The highest BCUT2D eigenvalue weighted by molar-refractivity contribution is 5.19. The summed E-state index contributed by atoms with van der Waals surface area (Å²) in [4.78, 5) is 7.00. The summed E-state index contributed by atoms with van der Waals surface area (Å²) >= 11 is 0. The van der Waals surface area contributed by atoms with Crippen LogP contribution in [0.15, 0.2) is 42.9 Å². The van der Waals surface area contributed by atoms with Crippen molar-refractivity contribution in [1.82, 2.24) is 9.97 Å². The van der Waals surface area contributed by atoms with Crippen molar-refractivity contribution < 1.29 is 5.11 Å². The zero-order valence-electron chi connectivity index (χ0n) is 8.88. The Kier molecular flexibility index (Phi) is 4.29. The Morgan fingerprint density at radius 1 is 0.933 bits per heavy atom. The molecule has 0 saturated heterocycles. The number of aryl methyl sites for hydroxylation is 2. The lowest BCUT2D eigenvalue weighted by Crippen LogP contribution is -1.71. The van der Waals surface area contributed by atoms with Crippen LogP contribution in [0.1, 0.15) is 11.1 Å². The van der Waals surface area contributed by atoms with E-state index in [1.165, 1.54) is 29.7 Å². The first-order valence-electron chi connectivity index (χ1n) is 4.67. The van der Waals surface area contributed by atoms with E-state index in [2.05, 4.69) is 48.1 Å². The number of aromatic nitrogens is 2. The van der Waals surface area contributed by atoms with E-state index in [1.807, 2.05) is 0 Å². The van der Waals surface area contributed by atoms with Gasteiger partial charge >= 0.3 is 0 Å². The average molecular weight is 202 g/mol. The summed E-state index contributed by atoms with van der Waals surface area (Å²) in [6, 6.07) is 9.90. The predicted molar refractivity (Wildman–Crippen MR) is 59.6 cm³/mol. The van der Waals surface area contributed by atoms with Crippen LogP contribution in [0.3, 0.4) is 0 Å². The quantitative estimate of drug-likeness (QED) is 0.713. The fourth-order valence-corrected chi connectivity index (χ4v) is 0.921. The van der Waals surface area contributed by atoms with Crippen molar-refractivity contribution in [2.75, 3.05) is 0 Å². The highest BCUT2D eigenvalue weighted by Gasteiger charge is 1.80. The van der Waals surface area contributed by atoms with Crippen LogP contribution in [0.4, 0.5) is 0 Å². The molecule has 15 heavy (non-hydrogen) atoms. The van der Waals surface area contributed by atoms with Gasteiger partial charge in [-0.3, -0.25) is 0 Å². The molecule has 0 saturated carbocycles. The van der Waals surface area contributed by atoms with Gasteiger partial charge in [-0.2, -0.15) is 0 Å². The molecule has 1 aromatic carbocycles. The predicted octanol–water partition coefficient (Wildman–Crippen LogP) is 2.49. The number of hydrogen-bond acceptors (Lipinski definition) is 3. The molecule has 0 fully saturated rings. The van der Waals surface area contributed by atoms with Crippen LogP contribution in [0.25, 0.3) is 0 Å². The van der Waals surface area contributed by atoms with Gasteiger partial charge in [-0.15, -0.1) is 0 Å². The summed E-state index contributed by atoms with van der Waals surface area (Å²) in [5, 5.41) is 8.48. The average Bonchev–Trinajstić information content (AvgIpc) is 2.25. The van der Waals surface area contributed by atoms with Crippen molar-refractivity contribution in [3.8, 4) is 5.88 Å². The van der Waals surface area contributed by atoms with Gasteiger partial charge in [0.05, 0.1) is 0 Å². The molecule has 0 bridgehead atoms. The number of aromatic hydroxyl groups is 1. The molecule has 2 rings (SSSR count). The van der Waals surface area contributed by atoms with Crippen LogP contribution < -0.4 is 0 Å². The molecule has 78 valence electrons. The topological polar surface area (TPSA) is 46.0 Å². The third kappa shape index (κ3) is 4.76. The van der Waals surface area contributed by atoms with Gasteiger partial charge in [0, 0.05) is 12.3 Å². The maximum absolute atomic E-state index is 8.48. The first-order chi connectivity index (χ1) is 7.18. The molecular weight excluding hydrogens is 188 g/mol. The molecule has 2 aromatic rings. The molecule has 0 aliphatic carbocycles. The standard InChI is InChI=1S/C8H10.C4H4N2O/c1-7-3-5-8(2)6-4-7;7-4-1-2-5-3-6-4/h3-6H,1-2H3;1-3H,(H,5,6,7). The Hall–Kier alpha value is -1.90. The summed E-state index contributed by atoms with van der Waals surface area (Å²) < 4.78 is 0. The summed E-state index contributed by atoms with van der Waals surface area (Å²) in [5.74, 6) is 0.00926. The van der Waals surface area contributed by atoms with Crippen LogP contribution in [0.2, 0.25) is 0 Å². The van der Waals surface area contributed by atoms with E-state index in [4.69, 9.17) is 5.11 Å². The van der Waals surface area contributed by atoms with Crippen molar-refractivity contribution in [2.24, 2.45) is 0 Å². The first-order valence-corrected chi connectivity index (χ1v) is 4.67. The fraction of sp³-hybridized carbons (Fsp3) is 0.167. The van der Waals surface area contributed by atoms with E-state index >= 15 is 0 Å². The summed E-state index contributed by atoms with van der Waals surface area (Å²) in [7, 11) is 0. The Morgan fingerprint density at radius 2 is 1.47 bits per heavy atom. The zero-order valence-corrected chi connectivity index (χ0v) is 8.88. The monoisotopic (exact) mass is 202 g/mol. The number of benzene rings is 1. The minimum absolute atomic E-state index is 0.00926. The second kappa shape index (κ2) is 5.75. The van der Waals surface area contributed by atoms with E-state index in [9.17, 15) is 0 Å². The molecule has 3 nitrogen and oxygen atoms in total. The van der Waals surface area contributed by atoms with Crippen molar-refractivity contribution in [2.45, 2.75) is 13.8 Å². The molecule has 0 unspecified atom stereocenters. The lowest BCUT2D eigenvalue weighted by Gasteiger charge is -1.90. The maximum atomic E-state index is 8.48. The SMILES string of the molecule is Cc1ccc(C)cc1.Oc1ccncn1. The van der Waals surface area contributed by atoms with Crippen molar-refractivity contribution in [1.29, 1.82) is 0 Å². The van der Waals surface area contributed by atoms with E-state index in [1.54, 1.807) is 0 Å². The van der Waals surface area contributed by atoms with E-state index in [0.29, 0.717) is 0 Å². The molecule has 0 aliphatic rings. The third-order valence-corrected chi connectivity index (χ3v) is 1.78. The van der Waals surface area contributed by atoms with Crippen molar-refractivity contribution in [3.05, 3.63) is 54.0 Å². The number of hydrogen-bond donors (Lipinski definition) is 1. The molecule has 1 N–H and O–H groups in total. The first kappa shape index (κ1) is 11.2. The second-order valence-electron chi connectivity index (χ2n) is 3.22. The summed E-state index contributed by atoms with van der Waals surface area (Å²) in [6.07, 6.45) is 2.76. The van der Waals surface area contributed by atoms with Gasteiger partial charge in [-0.05, 0) is 13.8 Å². The lowest BCUT2D eigenvalue weighted by molar-refractivity contribution is 0.452. The number of nitrogens with zero attached hydrogens (tertiary/aromatic N) is 2. The van der Waals surface area contributed by atoms with Crippen molar-refractivity contribution in [3.63, 3.8) is 0 Å². The Labute approximate surface area is 89.5 Å². The fourth-order valence-electron chi connectivity index (χ4n) is 0.921. The molecular formula is C12H14N2O. The minimum atomic E-state index is 0.00926. The summed E-state index contributed by atoms with van der Waals surface area (Å²) in [5.41, 5.74) is 2.66. The Morgan fingerprint density at radius 3 is 1.73 bits per heavy atom. The molecule has 0 aliphatic heterocycles. The molecule has 0 radical (unpaired) electrons. The minimum Gasteiger partial charge on any atom is -0.493 e. The van der Waals surface area contributed by atoms with E-state index in [0.717, 1.165) is 0 Å². The maximum Gasteiger partial charge on any atom is 0.213 e. The Balaban J connectivity index is 0.000000151. The van der Waals surface area contributed by atoms with E-state index < -0.39 is 0 Å². The van der Waals surface area contributed by atoms with Crippen LogP contribution in [0.5, 0.6) is 5.88 Å². The third-order valence-electron chi connectivity index (χ3n) is 1.78. The normalized spacial score (nSPS) is 8.93. The van der Waals surface area contributed by atoms with Gasteiger partial charge in [0.25, 0.3) is 0 Å². The lowest BCUT2D eigenvalue weighted by atomic mass is 10.2. The molecule has 0 atom stereocenters. The highest BCUT2D eigenvalue weighted by Crippen LogP contribution is 1.99. The molecule has 3 heteroatoms. The summed E-state index contributed by atoms with van der Waals surface area (Å²) in [6.45, 7) is 4.19. The van der Waals surface area contributed by atoms with Gasteiger partial charge in [-0.1, -0.05) is 35.4 Å². The van der Waals surface area contributed by atoms with Crippen LogP contribution in [-0.4, -0.2) is 15.1 Å². The smallest absolute Gasteiger partial charge is 0.213 e. The van der Waals surface area contributed by atoms with Crippen LogP contribution in [-0.2, 0) is 0 Å². The number of rotatable bonds is 0. The Bertz CT molecular complexity index is 363. The van der Waals surface area contributed by atoms with E-state index in [-0.39, 0.29) is 5.88 Å². The zero-order chi connectivity index (χ0) is 11.1. The second-order valence-corrected chi connectivity index (χ2v) is 3.22.